The molecule has 19 heavy (non-hydrogen) atoms. The predicted octanol–water partition coefficient (Wildman–Crippen LogP) is 4.15. The Morgan fingerprint density at radius 1 is 1.26 bits per heavy atom. The van der Waals surface area contributed by atoms with Gasteiger partial charge in [0.15, 0.2) is 5.78 Å². The average molecular weight is 480 g/mol. The summed E-state index contributed by atoms with van der Waals surface area (Å²) < 4.78 is 3.85. The van der Waals surface area contributed by atoms with Crippen LogP contribution in [0.1, 0.15) is 34.5 Å². The molecule has 0 amide bonds. The minimum atomic E-state index is -0.231. The fourth-order valence-electron chi connectivity index (χ4n) is 1.86. The van der Waals surface area contributed by atoms with Crippen LogP contribution in [-0.4, -0.2) is 15.3 Å². The first kappa shape index (κ1) is 15.0. The van der Waals surface area contributed by atoms with Crippen LogP contribution < -0.4 is 0 Å². The van der Waals surface area contributed by atoms with Crippen LogP contribution in [0.25, 0.3) is 0 Å². The standard InChI is InChI=1S/C14H14I2N2O/c1-8-4-5-11(6-9(8)2)12(19)10(3)18-7-17-13(15)14(18)16/h4-7,10H,1-3H3. The molecule has 0 aliphatic rings. The zero-order valence-electron chi connectivity index (χ0n) is 10.9. The molecule has 0 radical (unpaired) electrons. The molecule has 100 valence electrons. The number of ketones is 1. The van der Waals surface area contributed by atoms with E-state index in [2.05, 4.69) is 50.2 Å². The van der Waals surface area contributed by atoms with E-state index < -0.39 is 0 Å². The molecular formula is C14H14I2N2O. The fourth-order valence-corrected chi connectivity index (χ4v) is 2.94. The van der Waals surface area contributed by atoms with Crippen molar-refractivity contribution in [1.82, 2.24) is 9.55 Å². The number of rotatable bonds is 3. The lowest BCUT2D eigenvalue weighted by Gasteiger charge is -2.14. The number of aromatic nitrogens is 2. The van der Waals surface area contributed by atoms with Gasteiger partial charge >= 0.3 is 0 Å². The summed E-state index contributed by atoms with van der Waals surface area (Å²) in [5, 5.41) is 0. The van der Waals surface area contributed by atoms with E-state index in [4.69, 9.17) is 0 Å². The molecule has 0 spiro atoms. The SMILES string of the molecule is Cc1ccc(C(=O)C(C)n2cnc(I)c2I)cc1C. The first-order chi connectivity index (χ1) is 8.91. The summed E-state index contributed by atoms with van der Waals surface area (Å²) in [4.78, 5) is 16.8. The molecule has 1 atom stereocenters. The summed E-state index contributed by atoms with van der Waals surface area (Å²) in [5.41, 5.74) is 3.11. The third-order valence-corrected chi connectivity index (χ3v) is 6.17. The molecule has 3 nitrogen and oxygen atoms in total. The highest BCUT2D eigenvalue weighted by molar-refractivity contribution is 14.1. The number of nitrogens with zero attached hydrogens (tertiary/aromatic N) is 2. The largest absolute Gasteiger partial charge is 0.314 e. The van der Waals surface area contributed by atoms with Crippen LogP contribution in [0.5, 0.6) is 0 Å². The second kappa shape index (κ2) is 5.90. The number of imidazole rings is 1. The van der Waals surface area contributed by atoms with Crippen molar-refractivity contribution in [3.63, 3.8) is 0 Å². The monoisotopic (exact) mass is 480 g/mol. The molecule has 1 aromatic carbocycles. The van der Waals surface area contributed by atoms with Gasteiger partial charge in [0.2, 0.25) is 0 Å². The summed E-state index contributed by atoms with van der Waals surface area (Å²) in [5.74, 6) is 0.120. The highest BCUT2D eigenvalue weighted by Crippen LogP contribution is 2.22. The molecule has 1 unspecified atom stereocenters. The number of aryl methyl sites for hydroxylation is 2. The first-order valence-corrected chi connectivity index (χ1v) is 8.07. The van der Waals surface area contributed by atoms with Gasteiger partial charge in [-0.05, 0) is 83.1 Å². The van der Waals surface area contributed by atoms with Crippen LogP contribution in [0, 0.1) is 21.2 Å². The van der Waals surface area contributed by atoms with Crippen molar-refractivity contribution < 1.29 is 4.79 Å². The highest BCUT2D eigenvalue weighted by atomic mass is 127. The summed E-state index contributed by atoms with van der Waals surface area (Å²) in [6.07, 6.45) is 1.73. The normalized spacial score (nSPS) is 12.5. The molecule has 2 aromatic rings. The van der Waals surface area contributed by atoms with E-state index in [9.17, 15) is 4.79 Å². The van der Waals surface area contributed by atoms with Crippen LogP contribution in [0.3, 0.4) is 0 Å². The molecular weight excluding hydrogens is 466 g/mol. The molecule has 2 rings (SSSR count). The van der Waals surface area contributed by atoms with Gasteiger partial charge in [-0.3, -0.25) is 4.79 Å². The number of hydrogen-bond acceptors (Lipinski definition) is 2. The number of hydrogen-bond donors (Lipinski definition) is 0. The van der Waals surface area contributed by atoms with E-state index in [-0.39, 0.29) is 11.8 Å². The number of halogens is 2. The fraction of sp³-hybridized carbons (Fsp3) is 0.286. The van der Waals surface area contributed by atoms with Crippen molar-refractivity contribution in [3.8, 4) is 0 Å². The molecule has 0 N–H and O–H groups in total. The molecule has 0 aliphatic carbocycles. The van der Waals surface area contributed by atoms with E-state index in [1.807, 2.05) is 43.5 Å². The molecule has 0 fully saturated rings. The van der Waals surface area contributed by atoms with Crippen molar-refractivity contribution in [2.45, 2.75) is 26.8 Å². The maximum atomic E-state index is 12.5. The Morgan fingerprint density at radius 2 is 1.95 bits per heavy atom. The summed E-state index contributed by atoms with van der Waals surface area (Å²) in [6.45, 7) is 5.99. The molecule has 1 aromatic heterocycles. The Kier molecular flexibility index (Phi) is 4.65. The predicted molar refractivity (Wildman–Crippen MR) is 92.6 cm³/mol. The van der Waals surface area contributed by atoms with Gasteiger partial charge in [-0.15, -0.1) is 0 Å². The highest BCUT2D eigenvalue weighted by Gasteiger charge is 2.20. The van der Waals surface area contributed by atoms with Gasteiger partial charge in [0.1, 0.15) is 7.40 Å². The number of Topliss-reactive ketones (excluding diaryl/α,β-unsaturated/α-hetero) is 1. The maximum absolute atomic E-state index is 12.5. The van der Waals surface area contributed by atoms with E-state index in [1.165, 1.54) is 5.56 Å². The van der Waals surface area contributed by atoms with Gasteiger partial charge in [-0.25, -0.2) is 4.98 Å². The smallest absolute Gasteiger partial charge is 0.185 e. The number of carbonyl (C=O) groups excluding carboxylic acids is 1. The minimum absolute atomic E-state index is 0.120. The number of carbonyl (C=O) groups is 1. The third kappa shape index (κ3) is 3.01. The van der Waals surface area contributed by atoms with Crippen molar-refractivity contribution in [2.24, 2.45) is 0 Å². The van der Waals surface area contributed by atoms with Crippen molar-refractivity contribution in [1.29, 1.82) is 0 Å². The van der Waals surface area contributed by atoms with Crippen LogP contribution in [-0.2, 0) is 0 Å². The molecule has 0 aliphatic heterocycles. The molecule has 0 saturated carbocycles. The van der Waals surface area contributed by atoms with Gasteiger partial charge in [0.25, 0.3) is 0 Å². The number of benzene rings is 1. The Labute approximate surface area is 140 Å². The van der Waals surface area contributed by atoms with Crippen LogP contribution in [0.4, 0.5) is 0 Å². The third-order valence-electron chi connectivity index (χ3n) is 3.28. The topological polar surface area (TPSA) is 34.9 Å². The van der Waals surface area contributed by atoms with E-state index in [0.717, 1.165) is 18.5 Å². The zero-order chi connectivity index (χ0) is 14.2. The van der Waals surface area contributed by atoms with Crippen LogP contribution in [0.2, 0.25) is 0 Å². The summed E-state index contributed by atoms with van der Waals surface area (Å²) in [7, 11) is 0. The molecule has 5 heteroatoms. The first-order valence-electron chi connectivity index (χ1n) is 5.91. The maximum Gasteiger partial charge on any atom is 0.185 e. The lowest BCUT2D eigenvalue weighted by atomic mass is 10.0. The zero-order valence-corrected chi connectivity index (χ0v) is 15.3. The summed E-state index contributed by atoms with van der Waals surface area (Å²) in [6, 6.07) is 5.63. The van der Waals surface area contributed by atoms with E-state index >= 15 is 0 Å². The lowest BCUT2D eigenvalue weighted by Crippen LogP contribution is -2.17. The average Bonchev–Trinajstić information content (AvgIpc) is 2.72. The Balaban J connectivity index is 2.33. The molecule has 0 saturated heterocycles. The van der Waals surface area contributed by atoms with Crippen molar-refractivity contribution >= 4 is 51.0 Å². The van der Waals surface area contributed by atoms with Crippen LogP contribution >= 0.6 is 45.2 Å². The van der Waals surface area contributed by atoms with Gasteiger partial charge in [-0.1, -0.05) is 12.1 Å². The minimum Gasteiger partial charge on any atom is -0.314 e. The van der Waals surface area contributed by atoms with E-state index in [0.29, 0.717) is 0 Å². The second-order valence-corrected chi connectivity index (χ2v) is 6.62. The quantitative estimate of drug-likeness (QED) is 0.489. The lowest BCUT2D eigenvalue weighted by molar-refractivity contribution is 0.0933. The summed E-state index contributed by atoms with van der Waals surface area (Å²) >= 11 is 4.40. The van der Waals surface area contributed by atoms with Gasteiger partial charge in [-0.2, -0.15) is 0 Å². The van der Waals surface area contributed by atoms with Crippen LogP contribution in [0.15, 0.2) is 24.5 Å². The van der Waals surface area contributed by atoms with Crippen molar-refractivity contribution in [3.05, 3.63) is 48.6 Å². The van der Waals surface area contributed by atoms with Gasteiger partial charge in [0, 0.05) is 5.56 Å². The molecule has 1 heterocycles. The van der Waals surface area contributed by atoms with Crippen molar-refractivity contribution in [2.75, 3.05) is 0 Å². The van der Waals surface area contributed by atoms with E-state index in [1.54, 1.807) is 6.33 Å². The Hall–Kier alpha value is -0.440. The molecule has 0 bridgehead atoms. The Bertz CT molecular complexity index is 634. The Morgan fingerprint density at radius 3 is 2.47 bits per heavy atom. The van der Waals surface area contributed by atoms with Gasteiger partial charge < -0.3 is 4.57 Å². The van der Waals surface area contributed by atoms with Gasteiger partial charge in [0.05, 0.1) is 12.4 Å². The second-order valence-electron chi connectivity index (χ2n) is 4.57.